The summed E-state index contributed by atoms with van der Waals surface area (Å²) in [6, 6.07) is 7.53. The van der Waals surface area contributed by atoms with E-state index in [0.717, 1.165) is 37.9 Å². The van der Waals surface area contributed by atoms with Crippen LogP contribution in [0.4, 0.5) is 4.39 Å². The van der Waals surface area contributed by atoms with E-state index in [1.54, 1.807) is 12.1 Å². The summed E-state index contributed by atoms with van der Waals surface area (Å²) in [6.45, 7) is 4.33. The first-order valence-electron chi connectivity index (χ1n) is 7.94. The van der Waals surface area contributed by atoms with Gasteiger partial charge in [0, 0.05) is 18.1 Å². The van der Waals surface area contributed by atoms with E-state index in [4.69, 9.17) is 5.73 Å². The first kappa shape index (κ1) is 16.4. The highest BCUT2D eigenvalue weighted by Crippen LogP contribution is 2.29. The van der Waals surface area contributed by atoms with E-state index in [1.807, 2.05) is 6.07 Å². The Morgan fingerprint density at radius 3 is 2.62 bits per heavy atom. The molecule has 1 fully saturated rings. The number of likely N-dealkylation sites (N-methyl/N-ethyl adjacent to an activating group) is 1. The predicted octanol–water partition coefficient (Wildman–Crippen LogP) is 2.63. The molecule has 1 aliphatic rings. The summed E-state index contributed by atoms with van der Waals surface area (Å²) < 4.78 is 13.6. The molecule has 1 heterocycles. The van der Waals surface area contributed by atoms with Crippen LogP contribution >= 0.6 is 0 Å². The van der Waals surface area contributed by atoms with Crippen molar-refractivity contribution in [1.29, 1.82) is 0 Å². The number of hydrogen-bond donors (Lipinski definition) is 1. The molecule has 4 heteroatoms. The van der Waals surface area contributed by atoms with E-state index in [0.29, 0.717) is 6.04 Å². The molecule has 0 saturated carbocycles. The second-order valence-electron chi connectivity index (χ2n) is 6.27. The fraction of sp³-hybridized carbons (Fsp3) is 0.647. The molecule has 0 radical (unpaired) electrons. The third-order valence-corrected chi connectivity index (χ3v) is 4.77. The largest absolute Gasteiger partial charge is 0.326 e. The average Bonchev–Trinajstić information content (AvgIpc) is 2.48. The summed E-state index contributed by atoms with van der Waals surface area (Å²) in [5, 5.41) is 0. The molecule has 2 N–H and O–H groups in total. The number of halogens is 1. The van der Waals surface area contributed by atoms with Crippen LogP contribution < -0.4 is 5.73 Å². The van der Waals surface area contributed by atoms with Crippen LogP contribution in [0.2, 0.25) is 0 Å². The molecule has 0 spiro atoms. The molecule has 1 aliphatic heterocycles. The lowest BCUT2D eigenvalue weighted by Crippen LogP contribution is -2.48. The summed E-state index contributed by atoms with van der Waals surface area (Å²) in [5.74, 6) is -0.183. The van der Waals surface area contributed by atoms with Gasteiger partial charge in [-0.15, -0.1) is 0 Å². The minimum atomic E-state index is -0.183. The van der Waals surface area contributed by atoms with Crippen LogP contribution in [0.1, 0.15) is 37.8 Å². The van der Waals surface area contributed by atoms with Crippen molar-refractivity contribution in [3.8, 4) is 0 Å². The summed E-state index contributed by atoms with van der Waals surface area (Å²) >= 11 is 0. The van der Waals surface area contributed by atoms with Gasteiger partial charge in [0.15, 0.2) is 0 Å². The Hall–Kier alpha value is -0.970. The topological polar surface area (TPSA) is 32.5 Å². The number of piperidine rings is 1. The van der Waals surface area contributed by atoms with E-state index in [9.17, 15) is 4.39 Å². The van der Waals surface area contributed by atoms with E-state index >= 15 is 0 Å². The molecule has 0 aliphatic carbocycles. The molecule has 2 unspecified atom stereocenters. The third-order valence-electron chi connectivity index (χ3n) is 4.77. The van der Waals surface area contributed by atoms with Crippen LogP contribution in [-0.2, 0) is 0 Å². The lowest BCUT2D eigenvalue weighted by atomic mass is 9.93. The highest BCUT2D eigenvalue weighted by molar-refractivity contribution is 5.22. The van der Waals surface area contributed by atoms with Crippen molar-refractivity contribution in [2.75, 3.05) is 27.2 Å². The molecule has 2 atom stereocenters. The summed E-state index contributed by atoms with van der Waals surface area (Å²) in [6.07, 6.45) is 3.18. The van der Waals surface area contributed by atoms with Gasteiger partial charge in [-0.25, -0.2) is 4.39 Å². The van der Waals surface area contributed by atoms with Crippen molar-refractivity contribution in [3.05, 3.63) is 35.6 Å². The Morgan fingerprint density at radius 2 is 2.05 bits per heavy atom. The number of likely N-dealkylation sites (tertiary alicyclic amines) is 1. The van der Waals surface area contributed by atoms with Gasteiger partial charge in [0.1, 0.15) is 5.82 Å². The number of hydrogen-bond acceptors (Lipinski definition) is 3. The Labute approximate surface area is 127 Å². The second kappa shape index (κ2) is 7.34. The van der Waals surface area contributed by atoms with Crippen molar-refractivity contribution in [1.82, 2.24) is 9.80 Å². The van der Waals surface area contributed by atoms with Gasteiger partial charge >= 0.3 is 0 Å². The summed E-state index contributed by atoms with van der Waals surface area (Å²) in [7, 11) is 4.30. The van der Waals surface area contributed by atoms with E-state index in [-0.39, 0.29) is 17.9 Å². The number of rotatable bonds is 5. The zero-order valence-corrected chi connectivity index (χ0v) is 13.4. The Morgan fingerprint density at radius 1 is 1.38 bits per heavy atom. The standard InChI is InChI=1S/C17H28FN3/c1-4-16(19)17(13-6-5-7-14(18)12-13)21(3)15-8-10-20(2)11-9-15/h5-7,12,15-17H,4,8-11,19H2,1-3H3. The van der Waals surface area contributed by atoms with Gasteiger partial charge < -0.3 is 10.6 Å². The number of benzene rings is 1. The van der Waals surface area contributed by atoms with Gasteiger partial charge in [-0.2, -0.15) is 0 Å². The van der Waals surface area contributed by atoms with Gasteiger partial charge in [0.25, 0.3) is 0 Å². The van der Waals surface area contributed by atoms with Crippen LogP contribution in [0, 0.1) is 5.82 Å². The Kier molecular flexibility index (Phi) is 5.73. The lowest BCUT2D eigenvalue weighted by molar-refractivity contribution is 0.0933. The van der Waals surface area contributed by atoms with E-state index < -0.39 is 0 Å². The maximum atomic E-state index is 13.6. The van der Waals surface area contributed by atoms with Crippen molar-refractivity contribution < 1.29 is 4.39 Å². The maximum absolute atomic E-state index is 13.6. The van der Waals surface area contributed by atoms with Gasteiger partial charge in [0.05, 0.1) is 0 Å². The zero-order chi connectivity index (χ0) is 15.4. The Balaban J connectivity index is 2.19. The van der Waals surface area contributed by atoms with Gasteiger partial charge in [-0.1, -0.05) is 19.1 Å². The summed E-state index contributed by atoms with van der Waals surface area (Å²) in [4.78, 5) is 4.73. The summed E-state index contributed by atoms with van der Waals surface area (Å²) in [5.41, 5.74) is 7.35. The van der Waals surface area contributed by atoms with Crippen LogP contribution in [0.5, 0.6) is 0 Å². The minimum Gasteiger partial charge on any atom is -0.326 e. The normalized spacial score (nSPS) is 20.7. The third kappa shape index (κ3) is 4.02. The van der Waals surface area contributed by atoms with Crippen LogP contribution in [0.3, 0.4) is 0 Å². The first-order valence-corrected chi connectivity index (χ1v) is 7.94. The molecular weight excluding hydrogens is 265 g/mol. The molecule has 0 bridgehead atoms. The number of nitrogens with zero attached hydrogens (tertiary/aromatic N) is 2. The van der Waals surface area contributed by atoms with Crippen molar-refractivity contribution in [2.45, 2.75) is 44.3 Å². The molecule has 1 saturated heterocycles. The van der Waals surface area contributed by atoms with E-state index in [1.165, 1.54) is 6.07 Å². The van der Waals surface area contributed by atoms with Gasteiger partial charge in [-0.3, -0.25) is 4.90 Å². The van der Waals surface area contributed by atoms with Crippen LogP contribution in [0.15, 0.2) is 24.3 Å². The minimum absolute atomic E-state index is 0.0245. The Bertz CT molecular complexity index is 443. The molecule has 0 amide bonds. The van der Waals surface area contributed by atoms with Crippen LogP contribution in [-0.4, -0.2) is 49.1 Å². The van der Waals surface area contributed by atoms with Gasteiger partial charge in [-0.05, 0) is 64.1 Å². The first-order chi connectivity index (χ1) is 10.0. The fourth-order valence-electron chi connectivity index (χ4n) is 3.33. The van der Waals surface area contributed by atoms with Crippen molar-refractivity contribution >= 4 is 0 Å². The predicted molar refractivity (Wildman–Crippen MR) is 85.7 cm³/mol. The maximum Gasteiger partial charge on any atom is 0.123 e. The quantitative estimate of drug-likeness (QED) is 0.906. The molecular formula is C17H28FN3. The van der Waals surface area contributed by atoms with Gasteiger partial charge in [0.2, 0.25) is 0 Å². The molecule has 1 aromatic rings. The molecule has 1 aromatic carbocycles. The molecule has 0 aromatic heterocycles. The van der Waals surface area contributed by atoms with Crippen molar-refractivity contribution in [3.63, 3.8) is 0 Å². The lowest BCUT2D eigenvalue weighted by Gasteiger charge is -2.41. The molecule has 118 valence electrons. The highest BCUT2D eigenvalue weighted by Gasteiger charge is 2.30. The molecule has 2 rings (SSSR count). The van der Waals surface area contributed by atoms with E-state index in [2.05, 4.69) is 30.8 Å². The monoisotopic (exact) mass is 293 g/mol. The van der Waals surface area contributed by atoms with Crippen molar-refractivity contribution in [2.24, 2.45) is 5.73 Å². The average molecular weight is 293 g/mol. The SMILES string of the molecule is CCC(N)C(c1cccc(F)c1)N(C)C1CCN(C)CC1. The zero-order valence-electron chi connectivity index (χ0n) is 13.4. The smallest absolute Gasteiger partial charge is 0.123 e. The second-order valence-corrected chi connectivity index (χ2v) is 6.27. The fourth-order valence-corrected chi connectivity index (χ4v) is 3.33. The molecule has 21 heavy (non-hydrogen) atoms. The van der Waals surface area contributed by atoms with Crippen LogP contribution in [0.25, 0.3) is 0 Å². The number of nitrogens with two attached hydrogens (primary N) is 1. The molecule has 3 nitrogen and oxygen atoms in total. The highest BCUT2D eigenvalue weighted by atomic mass is 19.1.